The van der Waals surface area contributed by atoms with Crippen molar-refractivity contribution in [3.8, 4) is 11.8 Å². The van der Waals surface area contributed by atoms with Gasteiger partial charge in [0.2, 0.25) is 0 Å². The molecule has 0 unspecified atom stereocenters. The first-order valence-corrected chi connectivity index (χ1v) is 5.03. The molecule has 15 heavy (non-hydrogen) atoms. The van der Waals surface area contributed by atoms with Crippen LogP contribution in [-0.4, -0.2) is 14.8 Å². The van der Waals surface area contributed by atoms with Crippen molar-refractivity contribution in [1.82, 2.24) is 4.57 Å². The van der Waals surface area contributed by atoms with E-state index < -0.39 is 0 Å². The number of nitrogens with zero attached hydrogens (tertiary/aromatic N) is 1. The van der Waals surface area contributed by atoms with Gasteiger partial charge in [0.1, 0.15) is 0 Å². The average molecular weight is 205 g/mol. The molecular weight excluding hydrogens is 190 g/mol. The minimum Gasteiger partial charge on any atom is -0.494 e. The maximum atomic E-state index is 9.93. The fourth-order valence-corrected chi connectivity index (χ4v) is 2.03. The highest BCUT2D eigenvalue weighted by Gasteiger charge is 2.23. The minimum atomic E-state index is 0.172. The van der Waals surface area contributed by atoms with Crippen molar-refractivity contribution in [2.24, 2.45) is 0 Å². The SMILES string of the molecule is C=CCn1c(O)c2c(c1O)CC(C)=CC2. The van der Waals surface area contributed by atoms with Crippen LogP contribution in [0.2, 0.25) is 0 Å². The van der Waals surface area contributed by atoms with E-state index in [1.54, 1.807) is 6.08 Å². The fraction of sp³-hybridized carbons (Fsp3) is 0.333. The molecule has 0 fully saturated rings. The summed E-state index contributed by atoms with van der Waals surface area (Å²) in [7, 11) is 0. The quantitative estimate of drug-likeness (QED) is 0.726. The van der Waals surface area contributed by atoms with Gasteiger partial charge in [-0.3, -0.25) is 4.57 Å². The second kappa shape index (κ2) is 3.50. The van der Waals surface area contributed by atoms with E-state index in [2.05, 4.69) is 12.7 Å². The Bertz CT molecular complexity index is 441. The molecule has 3 nitrogen and oxygen atoms in total. The Morgan fingerprint density at radius 1 is 1.40 bits per heavy atom. The van der Waals surface area contributed by atoms with Crippen molar-refractivity contribution in [1.29, 1.82) is 0 Å². The van der Waals surface area contributed by atoms with Gasteiger partial charge < -0.3 is 10.2 Å². The fourth-order valence-electron chi connectivity index (χ4n) is 2.03. The summed E-state index contributed by atoms with van der Waals surface area (Å²) in [5.74, 6) is 0.348. The molecule has 0 bridgehead atoms. The van der Waals surface area contributed by atoms with E-state index in [9.17, 15) is 10.2 Å². The first kappa shape index (κ1) is 9.90. The standard InChI is InChI=1S/C12H15NO2/c1-3-6-13-11(14)9-5-4-8(2)7-10(9)12(13)15/h3-4,14-15H,1,5-7H2,2H3. The van der Waals surface area contributed by atoms with Crippen LogP contribution in [-0.2, 0) is 19.4 Å². The molecule has 0 aromatic carbocycles. The molecule has 0 saturated heterocycles. The van der Waals surface area contributed by atoms with Crippen LogP contribution in [0.15, 0.2) is 24.3 Å². The maximum Gasteiger partial charge on any atom is 0.198 e. The van der Waals surface area contributed by atoms with Crippen LogP contribution in [0.5, 0.6) is 11.8 Å². The summed E-state index contributed by atoms with van der Waals surface area (Å²) in [4.78, 5) is 0. The normalized spacial score (nSPS) is 14.6. The van der Waals surface area contributed by atoms with E-state index in [0.717, 1.165) is 17.5 Å². The molecule has 2 rings (SSSR count). The minimum absolute atomic E-state index is 0.172. The number of aromatic nitrogens is 1. The molecule has 0 amide bonds. The maximum absolute atomic E-state index is 9.93. The Morgan fingerprint density at radius 3 is 2.73 bits per heavy atom. The summed E-state index contributed by atoms with van der Waals surface area (Å²) in [6.45, 7) is 6.07. The van der Waals surface area contributed by atoms with Crippen molar-refractivity contribution in [3.05, 3.63) is 35.4 Å². The van der Waals surface area contributed by atoms with Gasteiger partial charge in [-0.1, -0.05) is 17.7 Å². The third kappa shape index (κ3) is 1.44. The predicted molar refractivity (Wildman–Crippen MR) is 59.1 cm³/mol. The highest BCUT2D eigenvalue weighted by atomic mass is 16.3. The van der Waals surface area contributed by atoms with Gasteiger partial charge in [0.25, 0.3) is 0 Å². The molecule has 1 aliphatic carbocycles. The van der Waals surface area contributed by atoms with Gasteiger partial charge in [-0.2, -0.15) is 0 Å². The molecule has 0 saturated carbocycles. The molecule has 0 spiro atoms. The second-order valence-electron chi connectivity index (χ2n) is 3.93. The molecule has 2 N–H and O–H groups in total. The van der Waals surface area contributed by atoms with E-state index in [4.69, 9.17) is 0 Å². The lowest BCUT2D eigenvalue weighted by molar-refractivity contribution is 0.376. The van der Waals surface area contributed by atoms with Gasteiger partial charge in [-0.15, -0.1) is 6.58 Å². The number of aromatic hydroxyl groups is 2. The smallest absolute Gasteiger partial charge is 0.198 e. The molecule has 1 heterocycles. The highest BCUT2D eigenvalue weighted by Crippen LogP contribution is 2.38. The Morgan fingerprint density at radius 2 is 2.07 bits per heavy atom. The largest absolute Gasteiger partial charge is 0.494 e. The molecule has 0 radical (unpaired) electrons. The average Bonchev–Trinajstić information content (AvgIpc) is 2.44. The van der Waals surface area contributed by atoms with Crippen molar-refractivity contribution in [2.75, 3.05) is 0 Å². The topological polar surface area (TPSA) is 45.4 Å². The summed E-state index contributed by atoms with van der Waals surface area (Å²) >= 11 is 0. The van der Waals surface area contributed by atoms with Crippen molar-refractivity contribution < 1.29 is 10.2 Å². The zero-order chi connectivity index (χ0) is 11.0. The molecule has 1 aromatic rings. The zero-order valence-corrected chi connectivity index (χ0v) is 8.82. The van der Waals surface area contributed by atoms with E-state index in [1.165, 1.54) is 10.1 Å². The van der Waals surface area contributed by atoms with Crippen LogP contribution < -0.4 is 0 Å². The molecule has 1 aliphatic rings. The zero-order valence-electron chi connectivity index (χ0n) is 8.82. The van der Waals surface area contributed by atoms with Crippen molar-refractivity contribution in [2.45, 2.75) is 26.3 Å². The van der Waals surface area contributed by atoms with Gasteiger partial charge in [-0.25, -0.2) is 0 Å². The summed E-state index contributed by atoms with van der Waals surface area (Å²) in [6.07, 6.45) is 5.16. The summed E-state index contributed by atoms with van der Waals surface area (Å²) in [5, 5.41) is 19.8. The van der Waals surface area contributed by atoms with Crippen LogP contribution >= 0.6 is 0 Å². The Labute approximate surface area is 89.0 Å². The Hall–Kier alpha value is -1.64. The van der Waals surface area contributed by atoms with Crippen LogP contribution in [0.4, 0.5) is 0 Å². The lowest BCUT2D eigenvalue weighted by Crippen LogP contribution is -1.97. The van der Waals surface area contributed by atoms with E-state index in [0.29, 0.717) is 13.0 Å². The van der Waals surface area contributed by atoms with Crippen LogP contribution in [0, 0.1) is 0 Å². The van der Waals surface area contributed by atoms with Gasteiger partial charge >= 0.3 is 0 Å². The van der Waals surface area contributed by atoms with E-state index in [-0.39, 0.29) is 11.8 Å². The summed E-state index contributed by atoms with van der Waals surface area (Å²) in [5.41, 5.74) is 2.93. The number of fused-ring (bicyclic) bond motifs is 1. The second-order valence-corrected chi connectivity index (χ2v) is 3.93. The summed E-state index contributed by atoms with van der Waals surface area (Å²) in [6, 6.07) is 0. The monoisotopic (exact) mass is 205 g/mol. The van der Waals surface area contributed by atoms with E-state index in [1.807, 2.05) is 6.92 Å². The van der Waals surface area contributed by atoms with Gasteiger partial charge in [-0.05, 0) is 19.8 Å². The van der Waals surface area contributed by atoms with E-state index >= 15 is 0 Å². The Kier molecular flexibility index (Phi) is 2.31. The third-order valence-electron chi connectivity index (χ3n) is 2.84. The van der Waals surface area contributed by atoms with Crippen molar-refractivity contribution in [3.63, 3.8) is 0 Å². The molecular formula is C12H15NO2. The van der Waals surface area contributed by atoms with Crippen LogP contribution in [0.1, 0.15) is 18.1 Å². The number of hydrogen-bond acceptors (Lipinski definition) is 2. The molecule has 80 valence electrons. The first-order chi connectivity index (χ1) is 7.15. The molecule has 1 aromatic heterocycles. The lowest BCUT2D eigenvalue weighted by atomic mass is 9.96. The first-order valence-electron chi connectivity index (χ1n) is 5.03. The van der Waals surface area contributed by atoms with Crippen LogP contribution in [0.25, 0.3) is 0 Å². The van der Waals surface area contributed by atoms with Crippen LogP contribution in [0.3, 0.4) is 0 Å². The number of allylic oxidation sites excluding steroid dienone is 3. The third-order valence-corrected chi connectivity index (χ3v) is 2.84. The molecule has 3 heteroatoms. The van der Waals surface area contributed by atoms with Crippen molar-refractivity contribution >= 4 is 0 Å². The molecule has 0 atom stereocenters. The number of hydrogen-bond donors (Lipinski definition) is 2. The molecule has 0 aliphatic heterocycles. The van der Waals surface area contributed by atoms with Gasteiger partial charge in [0.05, 0.1) is 0 Å². The Balaban J connectivity index is 2.51. The van der Waals surface area contributed by atoms with Gasteiger partial charge in [0.15, 0.2) is 11.8 Å². The summed E-state index contributed by atoms with van der Waals surface area (Å²) < 4.78 is 1.49. The van der Waals surface area contributed by atoms with Gasteiger partial charge in [0, 0.05) is 17.7 Å². The highest BCUT2D eigenvalue weighted by molar-refractivity contribution is 5.50. The predicted octanol–water partition coefficient (Wildman–Crippen LogP) is 2.13. The number of rotatable bonds is 2. The lowest BCUT2D eigenvalue weighted by Gasteiger charge is -2.09.